The first-order valence-corrected chi connectivity index (χ1v) is 5.59. The smallest absolute Gasteiger partial charge is 0.241 e. The van der Waals surface area contributed by atoms with E-state index in [0.717, 1.165) is 4.47 Å². The first-order chi connectivity index (χ1) is 7.65. The van der Waals surface area contributed by atoms with Gasteiger partial charge in [-0.25, -0.2) is 0 Å². The SMILES string of the molecule is COCCC(N)C(=O)Nc1ccncc1Br. The summed E-state index contributed by atoms with van der Waals surface area (Å²) in [5, 5.41) is 2.71. The Morgan fingerprint density at radius 2 is 2.50 bits per heavy atom. The molecule has 0 saturated carbocycles. The van der Waals surface area contributed by atoms with Crippen molar-refractivity contribution in [2.45, 2.75) is 12.5 Å². The van der Waals surface area contributed by atoms with Crippen molar-refractivity contribution in [2.75, 3.05) is 19.0 Å². The second-order valence-corrected chi connectivity index (χ2v) is 4.09. The van der Waals surface area contributed by atoms with Crippen LogP contribution in [0.15, 0.2) is 22.9 Å². The molecule has 3 N–H and O–H groups in total. The molecule has 5 nitrogen and oxygen atoms in total. The topological polar surface area (TPSA) is 77.2 Å². The molecular formula is C10H14BrN3O2. The van der Waals surface area contributed by atoms with E-state index in [1.807, 2.05) is 0 Å². The van der Waals surface area contributed by atoms with Crippen molar-refractivity contribution in [3.63, 3.8) is 0 Å². The number of amides is 1. The normalized spacial score (nSPS) is 12.2. The third-order valence-electron chi connectivity index (χ3n) is 2.00. The maximum Gasteiger partial charge on any atom is 0.241 e. The molecule has 0 aromatic carbocycles. The molecule has 0 aliphatic rings. The van der Waals surface area contributed by atoms with Crippen molar-refractivity contribution in [1.82, 2.24) is 4.98 Å². The summed E-state index contributed by atoms with van der Waals surface area (Å²) in [5.41, 5.74) is 6.34. The highest BCUT2D eigenvalue weighted by Crippen LogP contribution is 2.19. The van der Waals surface area contributed by atoms with Crippen LogP contribution in [0.1, 0.15) is 6.42 Å². The van der Waals surface area contributed by atoms with E-state index < -0.39 is 6.04 Å². The van der Waals surface area contributed by atoms with Crippen molar-refractivity contribution in [3.05, 3.63) is 22.9 Å². The van der Waals surface area contributed by atoms with Crippen LogP contribution in [-0.4, -0.2) is 30.6 Å². The summed E-state index contributed by atoms with van der Waals surface area (Å²) < 4.78 is 5.58. The molecule has 0 spiro atoms. The zero-order chi connectivity index (χ0) is 12.0. The molecule has 1 rings (SSSR count). The van der Waals surface area contributed by atoms with Crippen LogP contribution in [0, 0.1) is 0 Å². The van der Waals surface area contributed by atoms with Gasteiger partial charge in [0, 0.05) is 26.1 Å². The Hall–Kier alpha value is -0.980. The number of aromatic nitrogens is 1. The third kappa shape index (κ3) is 3.88. The Balaban J connectivity index is 2.54. The number of carbonyl (C=O) groups is 1. The Morgan fingerprint density at radius 1 is 1.75 bits per heavy atom. The first-order valence-electron chi connectivity index (χ1n) is 4.80. The number of nitrogens with one attached hydrogen (secondary N) is 1. The molecule has 0 fully saturated rings. The van der Waals surface area contributed by atoms with Crippen LogP contribution in [-0.2, 0) is 9.53 Å². The zero-order valence-electron chi connectivity index (χ0n) is 8.94. The van der Waals surface area contributed by atoms with Gasteiger partial charge in [0.2, 0.25) is 5.91 Å². The van der Waals surface area contributed by atoms with Crippen molar-refractivity contribution < 1.29 is 9.53 Å². The Morgan fingerprint density at radius 3 is 3.12 bits per heavy atom. The van der Waals surface area contributed by atoms with E-state index in [0.29, 0.717) is 18.7 Å². The van der Waals surface area contributed by atoms with Crippen LogP contribution in [0.25, 0.3) is 0 Å². The molecule has 1 unspecified atom stereocenters. The summed E-state index contributed by atoms with van der Waals surface area (Å²) in [4.78, 5) is 15.5. The van der Waals surface area contributed by atoms with Gasteiger partial charge in [0.25, 0.3) is 0 Å². The van der Waals surface area contributed by atoms with Gasteiger partial charge in [0.15, 0.2) is 0 Å². The van der Waals surface area contributed by atoms with Gasteiger partial charge in [-0.2, -0.15) is 0 Å². The van der Waals surface area contributed by atoms with Crippen molar-refractivity contribution in [1.29, 1.82) is 0 Å². The number of ether oxygens (including phenoxy) is 1. The number of nitrogens with two attached hydrogens (primary N) is 1. The quantitative estimate of drug-likeness (QED) is 0.852. The van der Waals surface area contributed by atoms with Crippen molar-refractivity contribution in [2.24, 2.45) is 5.73 Å². The average Bonchev–Trinajstić information content (AvgIpc) is 2.28. The van der Waals surface area contributed by atoms with E-state index in [-0.39, 0.29) is 5.91 Å². The van der Waals surface area contributed by atoms with Crippen LogP contribution in [0.5, 0.6) is 0 Å². The number of hydrogen-bond acceptors (Lipinski definition) is 4. The fraction of sp³-hybridized carbons (Fsp3) is 0.400. The number of pyridine rings is 1. The van der Waals surface area contributed by atoms with Crippen LogP contribution in [0.2, 0.25) is 0 Å². The number of nitrogens with zero attached hydrogens (tertiary/aromatic N) is 1. The van der Waals surface area contributed by atoms with E-state index >= 15 is 0 Å². The standard InChI is InChI=1S/C10H14BrN3O2/c1-16-5-3-8(12)10(15)14-9-2-4-13-6-7(9)11/h2,4,6,8H,3,5,12H2,1H3,(H,13,14,15). The summed E-state index contributed by atoms with van der Waals surface area (Å²) in [6.07, 6.45) is 3.70. The third-order valence-corrected chi connectivity index (χ3v) is 2.63. The first kappa shape index (κ1) is 13.1. The summed E-state index contributed by atoms with van der Waals surface area (Å²) in [5.74, 6) is -0.232. The van der Waals surface area contributed by atoms with Crippen LogP contribution in [0.3, 0.4) is 0 Å². The van der Waals surface area contributed by atoms with Gasteiger partial charge in [-0.05, 0) is 28.4 Å². The Kier molecular flexibility index (Phi) is 5.37. The minimum Gasteiger partial charge on any atom is -0.385 e. The number of methoxy groups -OCH3 is 1. The molecular weight excluding hydrogens is 274 g/mol. The fourth-order valence-electron chi connectivity index (χ4n) is 1.08. The lowest BCUT2D eigenvalue weighted by Crippen LogP contribution is -2.36. The Labute approximate surface area is 103 Å². The minimum atomic E-state index is -0.569. The molecule has 1 aromatic rings. The molecule has 6 heteroatoms. The monoisotopic (exact) mass is 287 g/mol. The van der Waals surface area contributed by atoms with Crippen LogP contribution < -0.4 is 11.1 Å². The molecule has 0 aliphatic carbocycles. The Bertz CT molecular complexity index is 360. The predicted molar refractivity (Wildman–Crippen MR) is 65.0 cm³/mol. The molecule has 1 amide bonds. The summed E-state index contributed by atoms with van der Waals surface area (Å²) >= 11 is 3.28. The number of hydrogen-bond donors (Lipinski definition) is 2. The fourth-order valence-corrected chi connectivity index (χ4v) is 1.43. The molecule has 1 heterocycles. The summed E-state index contributed by atoms with van der Waals surface area (Å²) in [6, 6.07) is 1.13. The summed E-state index contributed by atoms with van der Waals surface area (Å²) in [6.45, 7) is 0.464. The largest absolute Gasteiger partial charge is 0.385 e. The maximum atomic E-state index is 11.6. The zero-order valence-corrected chi connectivity index (χ0v) is 10.5. The van der Waals surface area contributed by atoms with E-state index in [9.17, 15) is 4.79 Å². The molecule has 1 atom stereocenters. The number of halogens is 1. The minimum absolute atomic E-state index is 0.232. The van der Waals surface area contributed by atoms with Gasteiger partial charge in [0.1, 0.15) is 0 Å². The molecule has 0 aliphatic heterocycles. The average molecular weight is 288 g/mol. The van der Waals surface area contributed by atoms with Gasteiger partial charge < -0.3 is 15.8 Å². The van der Waals surface area contributed by atoms with Crippen LogP contribution in [0.4, 0.5) is 5.69 Å². The highest BCUT2D eigenvalue weighted by atomic mass is 79.9. The van der Waals surface area contributed by atoms with Gasteiger partial charge in [0.05, 0.1) is 16.2 Å². The summed E-state index contributed by atoms with van der Waals surface area (Å²) in [7, 11) is 1.57. The number of anilines is 1. The van der Waals surface area contributed by atoms with Crippen molar-refractivity contribution in [3.8, 4) is 0 Å². The van der Waals surface area contributed by atoms with Gasteiger partial charge >= 0.3 is 0 Å². The van der Waals surface area contributed by atoms with E-state index in [2.05, 4.69) is 26.2 Å². The molecule has 0 radical (unpaired) electrons. The van der Waals surface area contributed by atoms with E-state index in [1.165, 1.54) is 0 Å². The van der Waals surface area contributed by atoms with E-state index in [1.54, 1.807) is 25.6 Å². The predicted octanol–water partition coefficient (Wildman–Crippen LogP) is 1.15. The van der Waals surface area contributed by atoms with E-state index in [4.69, 9.17) is 10.5 Å². The maximum absolute atomic E-state index is 11.6. The van der Waals surface area contributed by atoms with Gasteiger partial charge in [-0.1, -0.05) is 0 Å². The second kappa shape index (κ2) is 6.57. The lowest BCUT2D eigenvalue weighted by atomic mass is 10.2. The molecule has 0 bridgehead atoms. The lowest BCUT2D eigenvalue weighted by Gasteiger charge is -2.12. The van der Waals surface area contributed by atoms with Crippen LogP contribution >= 0.6 is 15.9 Å². The number of carbonyl (C=O) groups excluding carboxylic acids is 1. The van der Waals surface area contributed by atoms with Gasteiger partial charge in [-0.15, -0.1) is 0 Å². The molecule has 1 aromatic heterocycles. The van der Waals surface area contributed by atoms with Crippen molar-refractivity contribution >= 4 is 27.5 Å². The lowest BCUT2D eigenvalue weighted by molar-refractivity contribution is -0.117. The molecule has 0 saturated heterocycles. The van der Waals surface area contributed by atoms with Gasteiger partial charge in [-0.3, -0.25) is 9.78 Å². The highest BCUT2D eigenvalue weighted by Gasteiger charge is 2.14. The number of rotatable bonds is 5. The second-order valence-electron chi connectivity index (χ2n) is 3.23. The highest BCUT2D eigenvalue weighted by molar-refractivity contribution is 9.10. The molecule has 88 valence electrons. The molecule has 16 heavy (non-hydrogen) atoms.